The summed E-state index contributed by atoms with van der Waals surface area (Å²) in [6.07, 6.45) is 4.63. The Morgan fingerprint density at radius 2 is 1.88 bits per heavy atom. The number of nitrogens with one attached hydrogen (secondary N) is 1. The Bertz CT molecular complexity index is 1180. The van der Waals surface area contributed by atoms with E-state index >= 15 is 0 Å². The maximum atomic E-state index is 13.3. The van der Waals surface area contributed by atoms with Crippen molar-refractivity contribution in [2.75, 3.05) is 26.3 Å². The first-order chi connectivity index (χ1) is 15.2. The molecule has 0 unspecified atom stereocenters. The van der Waals surface area contributed by atoms with Crippen LogP contribution in [-0.2, 0) is 21.8 Å². The molecular weight excluding hydrogens is 430 g/mol. The summed E-state index contributed by atoms with van der Waals surface area (Å²) in [5.74, 6) is 0.448. The molecule has 1 aromatic heterocycles. The molecular formula is C23H31N3O5S. The Labute approximate surface area is 188 Å². The predicted octanol–water partition coefficient (Wildman–Crippen LogP) is 2.11. The number of pyridine rings is 1. The lowest BCUT2D eigenvalue weighted by atomic mass is 9.78. The van der Waals surface area contributed by atoms with Gasteiger partial charge in [-0.3, -0.25) is 9.59 Å². The highest BCUT2D eigenvalue weighted by atomic mass is 32.2. The van der Waals surface area contributed by atoms with Crippen molar-refractivity contribution in [1.82, 2.24) is 14.2 Å². The third kappa shape index (κ3) is 4.21. The molecule has 1 aliphatic carbocycles. The van der Waals surface area contributed by atoms with Crippen LogP contribution < -0.4 is 10.7 Å². The normalized spacial score (nSPS) is 25.0. The van der Waals surface area contributed by atoms with Crippen LogP contribution >= 0.6 is 0 Å². The lowest BCUT2D eigenvalue weighted by Crippen LogP contribution is -2.45. The maximum absolute atomic E-state index is 13.3. The van der Waals surface area contributed by atoms with E-state index in [9.17, 15) is 18.0 Å². The van der Waals surface area contributed by atoms with Gasteiger partial charge >= 0.3 is 0 Å². The van der Waals surface area contributed by atoms with E-state index in [4.69, 9.17) is 4.74 Å². The predicted molar refractivity (Wildman–Crippen MR) is 122 cm³/mol. The van der Waals surface area contributed by atoms with Crippen LogP contribution in [0.15, 0.2) is 34.1 Å². The van der Waals surface area contributed by atoms with Crippen LogP contribution in [0.2, 0.25) is 0 Å². The van der Waals surface area contributed by atoms with Crippen LogP contribution in [0.25, 0.3) is 10.9 Å². The van der Waals surface area contributed by atoms with Crippen molar-refractivity contribution in [2.45, 2.75) is 44.0 Å². The summed E-state index contributed by atoms with van der Waals surface area (Å²) in [6, 6.07) is 4.55. The summed E-state index contributed by atoms with van der Waals surface area (Å²) in [5, 5.41) is 3.27. The van der Waals surface area contributed by atoms with Gasteiger partial charge in [-0.1, -0.05) is 26.7 Å². The lowest BCUT2D eigenvalue weighted by molar-refractivity contribution is 0.0730. The van der Waals surface area contributed by atoms with Crippen molar-refractivity contribution in [1.29, 1.82) is 0 Å². The monoisotopic (exact) mass is 461 g/mol. The van der Waals surface area contributed by atoms with E-state index in [1.807, 2.05) is 0 Å². The first kappa shape index (κ1) is 22.9. The lowest BCUT2D eigenvalue weighted by Gasteiger charge is -2.34. The third-order valence-electron chi connectivity index (χ3n) is 7.04. The van der Waals surface area contributed by atoms with E-state index in [1.165, 1.54) is 22.6 Å². The van der Waals surface area contributed by atoms with Gasteiger partial charge in [-0.05, 0) is 36.5 Å². The number of rotatable bonds is 4. The molecule has 1 aromatic carbocycles. The molecule has 2 aliphatic rings. The highest BCUT2D eigenvalue weighted by Crippen LogP contribution is 2.29. The Morgan fingerprint density at radius 1 is 1.16 bits per heavy atom. The minimum atomic E-state index is -3.75. The average molecular weight is 462 g/mol. The molecule has 0 radical (unpaired) electrons. The third-order valence-corrected chi connectivity index (χ3v) is 8.93. The van der Waals surface area contributed by atoms with Crippen LogP contribution in [0.4, 0.5) is 0 Å². The van der Waals surface area contributed by atoms with E-state index in [0.29, 0.717) is 30.6 Å². The first-order valence-electron chi connectivity index (χ1n) is 11.2. The minimum Gasteiger partial charge on any atom is -0.379 e. The summed E-state index contributed by atoms with van der Waals surface area (Å²) < 4.78 is 34.4. The van der Waals surface area contributed by atoms with Crippen molar-refractivity contribution in [3.63, 3.8) is 0 Å². The number of aryl methyl sites for hydroxylation is 1. The molecule has 1 aliphatic heterocycles. The highest BCUT2D eigenvalue weighted by Gasteiger charge is 2.30. The molecule has 3 atom stereocenters. The molecule has 4 rings (SSSR count). The number of hydrogen-bond acceptors (Lipinski definition) is 5. The van der Waals surface area contributed by atoms with Crippen LogP contribution in [-0.4, -0.2) is 55.5 Å². The van der Waals surface area contributed by atoms with E-state index in [1.54, 1.807) is 17.7 Å². The van der Waals surface area contributed by atoms with E-state index in [-0.39, 0.29) is 35.0 Å². The van der Waals surface area contributed by atoms with Gasteiger partial charge < -0.3 is 14.6 Å². The summed E-state index contributed by atoms with van der Waals surface area (Å²) in [6.45, 7) is 5.57. The highest BCUT2D eigenvalue weighted by molar-refractivity contribution is 7.89. The number of amides is 1. The molecule has 1 amide bonds. The zero-order valence-electron chi connectivity index (χ0n) is 18.8. The van der Waals surface area contributed by atoms with Gasteiger partial charge in [0.1, 0.15) is 5.56 Å². The van der Waals surface area contributed by atoms with E-state index in [2.05, 4.69) is 19.2 Å². The van der Waals surface area contributed by atoms with Gasteiger partial charge in [-0.15, -0.1) is 0 Å². The first-order valence-corrected chi connectivity index (χ1v) is 12.7. The largest absolute Gasteiger partial charge is 0.379 e. The van der Waals surface area contributed by atoms with Crippen LogP contribution in [0.1, 0.15) is 43.5 Å². The smallest absolute Gasteiger partial charge is 0.256 e. The Morgan fingerprint density at radius 3 is 2.59 bits per heavy atom. The molecule has 2 aromatic rings. The number of sulfonamides is 1. The van der Waals surface area contributed by atoms with Gasteiger partial charge in [0, 0.05) is 37.8 Å². The molecule has 1 saturated carbocycles. The van der Waals surface area contributed by atoms with Crippen LogP contribution in [0.3, 0.4) is 0 Å². The van der Waals surface area contributed by atoms with Crippen LogP contribution in [0.5, 0.6) is 0 Å². The molecule has 32 heavy (non-hydrogen) atoms. The standard InChI is InChI=1S/C23H31N3O5S/c1-15-5-4-6-20(16(15)2)24-23(28)19-14-25(3)21-8-7-17(13-18(21)22(19)27)32(29,30)26-9-11-31-12-10-26/h7-8,13-16,20H,4-6,9-12H2,1-3H3,(H,24,28)/t15-,16+,20-/m1/s1. The van der Waals surface area contributed by atoms with Gasteiger partial charge in [0.05, 0.1) is 23.6 Å². The number of carbonyl (C=O) groups excluding carboxylic acids is 1. The zero-order valence-corrected chi connectivity index (χ0v) is 19.7. The van der Waals surface area contributed by atoms with Gasteiger partial charge in [0.25, 0.3) is 5.91 Å². The van der Waals surface area contributed by atoms with Gasteiger partial charge in [0.2, 0.25) is 15.5 Å². The Kier molecular flexibility index (Phi) is 6.42. The number of nitrogens with zero attached hydrogens (tertiary/aromatic N) is 2. The van der Waals surface area contributed by atoms with Crippen molar-refractivity contribution >= 4 is 26.8 Å². The number of ether oxygens (including phenoxy) is 1. The Balaban J connectivity index is 1.70. The van der Waals surface area contributed by atoms with Crippen molar-refractivity contribution in [2.24, 2.45) is 18.9 Å². The maximum Gasteiger partial charge on any atom is 0.256 e. The molecule has 8 nitrogen and oxygen atoms in total. The summed E-state index contributed by atoms with van der Waals surface area (Å²) in [7, 11) is -2.00. The molecule has 0 spiro atoms. The topological polar surface area (TPSA) is 97.7 Å². The SMILES string of the molecule is C[C@H]1[C@H](C)CCC[C@H]1NC(=O)c1cn(C)c2ccc(S(=O)(=O)N3CCOCC3)cc2c1=O. The summed E-state index contributed by atoms with van der Waals surface area (Å²) in [5.41, 5.74) is 0.157. The zero-order chi connectivity index (χ0) is 23.0. The van der Waals surface area contributed by atoms with Crippen molar-refractivity contribution in [3.8, 4) is 0 Å². The second kappa shape index (κ2) is 8.96. The van der Waals surface area contributed by atoms with Crippen molar-refractivity contribution in [3.05, 3.63) is 40.2 Å². The molecule has 1 N–H and O–H groups in total. The number of aromatic nitrogens is 1. The molecule has 0 bridgehead atoms. The number of fused-ring (bicyclic) bond motifs is 1. The average Bonchev–Trinajstić information content (AvgIpc) is 2.79. The second-order valence-electron chi connectivity index (χ2n) is 9.03. The summed E-state index contributed by atoms with van der Waals surface area (Å²) in [4.78, 5) is 26.4. The van der Waals surface area contributed by atoms with Gasteiger partial charge in [-0.25, -0.2) is 8.42 Å². The van der Waals surface area contributed by atoms with Gasteiger partial charge in [0.15, 0.2) is 0 Å². The molecule has 174 valence electrons. The second-order valence-corrected chi connectivity index (χ2v) is 11.0. The van der Waals surface area contributed by atoms with E-state index in [0.717, 1.165) is 19.3 Å². The van der Waals surface area contributed by atoms with Gasteiger partial charge in [-0.2, -0.15) is 4.31 Å². The number of hydrogen-bond donors (Lipinski definition) is 1. The fourth-order valence-electron chi connectivity index (χ4n) is 4.76. The fourth-order valence-corrected chi connectivity index (χ4v) is 6.20. The molecule has 2 heterocycles. The van der Waals surface area contributed by atoms with E-state index < -0.39 is 21.4 Å². The summed E-state index contributed by atoms with van der Waals surface area (Å²) >= 11 is 0. The number of carbonyl (C=O) groups is 1. The Hall–Kier alpha value is -2.23. The quantitative estimate of drug-likeness (QED) is 0.752. The molecule has 9 heteroatoms. The minimum absolute atomic E-state index is 0.0275. The molecule has 2 fully saturated rings. The number of benzene rings is 1. The van der Waals surface area contributed by atoms with Crippen LogP contribution in [0, 0.1) is 11.8 Å². The fraction of sp³-hybridized carbons (Fsp3) is 0.565. The van der Waals surface area contributed by atoms with Crippen molar-refractivity contribution < 1.29 is 17.9 Å². The number of morpholine rings is 1. The molecule has 1 saturated heterocycles.